The first-order valence-corrected chi connectivity index (χ1v) is 6.61. The predicted molar refractivity (Wildman–Crippen MR) is 77.6 cm³/mol. The fraction of sp³-hybridized carbons (Fsp3) is 0.462. The molecule has 0 radical (unpaired) electrons. The van der Waals surface area contributed by atoms with Gasteiger partial charge in [-0.05, 0) is 37.2 Å². The molecule has 5 heteroatoms. The van der Waals surface area contributed by atoms with Gasteiger partial charge in [0.05, 0.1) is 11.8 Å². The molecule has 0 spiro atoms. The molecular formula is C13H19N3OS. The number of benzene rings is 1. The second-order valence-corrected chi connectivity index (χ2v) is 4.76. The van der Waals surface area contributed by atoms with Crippen LogP contribution in [-0.2, 0) is 4.74 Å². The predicted octanol–water partition coefficient (Wildman–Crippen LogP) is 1.68. The summed E-state index contributed by atoms with van der Waals surface area (Å²) in [5.74, 6) is 0. The molecule has 1 aliphatic rings. The summed E-state index contributed by atoms with van der Waals surface area (Å²) in [7, 11) is 1.94. The van der Waals surface area contributed by atoms with Crippen LogP contribution in [0.15, 0.2) is 30.3 Å². The van der Waals surface area contributed by atoms with Crippen molar-refractivity contribution in [1.29, 1.82) is 0 Å². The first kappa shape index (κ1) is 13.1. The third kappa shape index (κ3) is 3.85. The van der Waals surface area contributed by atoms with Gasteiger partial charge in [-0.15, -0.1) is 0 Å². The van der Waals surface area contributed by atoms with E-state index in [1.165, 1.54) is 0 Å². The molecule has 1 aliphatic heterocycles. The lowest BCUT2D eigenvalue weighted by molar-refractivity contribution is 0.114. The second kappa shape index (κ2) is 6.56. The Hall–Kier alpha value is -1.33. The van der Waals surface area contributed by atoms with Crippen molar-refractivity contribution in [3.63, 3.8) is 0 Å². The minimum atomic E-state index is 0.298. The number of hydrogen-bond acceptors (Lipinski definition) is 3. The number of ether oxygens (including phenoxy) is 1. The molecule has 1 heterocycles. The quantitative estimate of drug-likeness (QED) is 0.640. The first-order valence-electron chi connectivity index (χ1n) is 6.20. The Morgan fingerprint density at radius 2 is 2.22 bits per heavy atom. The Labute approximate surface area is 113 Å². The second-order valence-electron chi connectivity index (χ2n) is 4.35. The summed E-state index contributed by atoms with van der Waals surface area (Å²) in [6, 6.07) is 10.0. The molecule has 2 rings (SSSR count). The maximum Gasteiger partial charge on any atom is 0.185 e. The molecule has 1 saturated heterocycles. The summed E-state index contributed by atoms with van der Waals surface area (Å²) in [5.41, 5.74) is 4.19. The van der Waals surface area contributed by atoms with Gasteiger partial charge in [0, 0.05) is 20.2 Å². The van der Waals surface area contributed by atoms with Gasteiger partial charge in [0.15, 0.2) is 5.11 Å². The number of nitrogens with zero attached hydrogens (tertiary/aromatic N) is 1. The Morgan fingerprint density at radius 1 is 1.44 bits per heavy atom. The van der Waals surface area contributed by atoms with Crippen LogP contribution in [0.25, 0.3) is 0 Å². The lowest BCUT2D eigenvalue weighted by atomic mass is 10.2. The van der Waals surface area contributed by atoms with E-state index in [2.05, 4.69) is 10.7 Å². The van der Waals surface area contributed by atoms with E-state index in [-0.39, 0.29) is 0 Å². The van der Waals surface area contributed by atoms with Crippen molar-refractivity contribution in [3.8, 4) is 0 Å². The molecule has 1 fully saturated rings. The molecule has 2 N–H and O–H groups in total. The highest BCUT2D eigenvalue weighted by Gasteiger charge is 2.15. The summed E-state index contributed by atoms with van der Waals surface area (Å²) in [6.07, 6.45) is 2.56. The van der Waals surface area contributed by atoms with Gasteiger partial charge in [-0.1, -0.05) is 18.2 Å². The van der Waals surface area contributed by atoms with Crippen LogP contribution < -0.4 is 15.8 Å². The topological polar surface area (TPSA) is 36.5 Å². The van der Waals surface area contributed by atoms with Crippen LogP contribution >= 0.6 is 12.2 Å². The average molecular weight is 265 g/mol. The van der Waals surface area contributed by atoms with Crippen LogP contribution in [0, 0.1) is 0 Å². The highest BCUT2D eigenvalue weighted by molar-refractivity contribution is 7.80. The number of para-hydroxylation sites is 1. The van der Waals surface area contributed by atoms with E-state index in [1.54, 1.807) is 0 Å². The van der Waals surface area contributed by atoms with Crippen molar-refractivity contribution < 1.29 is 4.74 Å². The number of rotatable bonds is 4. The van der Waals surface area contributed by atoms with Crippen LogP contribution in [0.2, 0.25) is 0 Å². The first-order chi connectivity index (χ1) is 8.75. The van der Waals surface area contributed by atoms with Gasteiger partial charge in [-0.3, -0.25) is 10.4 Å². The molecule has 0 bridgehead atoms. The summed E-state index contributed by atoms with van der Waals surface area (Å²) >= 11 is 5.25. The minimum Gasteiger partial charge on any atom is -0.376 e. The minimum absolute atomic E-state index is 0.298. The average Bonchev–Trinajstić information content (AvgIpc) is 2.90. The van der Waals surface area contributed by atoms with Crippen LogP contribution in [-0.4, -0.2) is 31.4 Å². The molecule has 0 aliphatic carbocycles. The van der Waals surface area contributed by atoms with E-state index in [0.29, 0.717) is 11.2 Å². The zero-order chi connectivity index (χ0) is 12.8. The fourth-order valence-corrected chi connectivity index (χ4v) is 2.14. The van der Waals surface area contributed by atoms with Crippen LogP contribution in [0.3, 0.4) is 0 Å². The van der Waals surface area contributed by atoms with Crippen molar-refractivity contribution in [1.82, 2.24) is 10.7 Å². The smallest absolute Gasteiger partial charge is 0.185 e. The molecule has 0 aromatic heterocycles. The van der Waals surface area contributed by atoms with Crippen LogP contribution in [0.1, 0.15) is 12.8 Å². The standard InChI is InChI=1S/C13H19N3OS/c1-16(11-6-3-2-4-7-11)15-13(18)14-10-12-8-5-9-17-12/h2-4,6-7,12H,5,8-10H2,1H3,(H2,14,15,18)/t12-/m1/s1. The van der Waals surface area contributed by atoms with E-state index < -0.39 is 0 Å². The SMILES string of the molecule is CN(NC(=S)NC[C@H]1CCCO1)c1ccccc1. The van der Waals surface area contributed by atoms with Crippen molar-refractivity contribution in [3.05, 3.63) is 30.3 Å². The lowest BCUT2D eigenvalue weighted by Crippen LogP contribution is -2.47. The highest BCUT2D eigenvalue weighted by atomic mass is 32.1. The van der Waals surface area contributed by atoms with E-state index in [4.69, 9.17) is 17.0 Å². The Bertz CT molecular complexity index is 379. The highest BCUT2D eigenvalue weighted by Crippen LogP contribution is 2.10. The lowest BCUT2D eigenvalue weighted by Gasteiger charge is -2.23. The van der Waals surface area contributed by atoms with Gasteiger partial charge in [-0.2, -0.15) is 0 Å². The summed E-state index contributed by atoms with van der Waals surface area (Å²) in [4.78, 5) is 0. The van der Waals surface area contributed by atoms with Crippen LogP contribution in [0.4, 0.5) is 5.69 Å². The molecule has 98 valence electrons. The number of hydrogen-bond donors (Lipinski definition) is 2. The molecule has 1 atom stereocenters. The molecule has 18 heavy (non-hydrogen) atoms. The third-order valence-electron chi connectivity index (χ3n) is 2.93. The van der Waals surface area contributed by atoms with Crippen molar-refractivity contribution in [2.24, 2.45) is 0 Å². The molecule has 0 amide bonds. The van der Waals surface area contributed by atoms with Gasteiger partial charge < -0.3 is 10.1 Å². The number of nitrogens with one attached hydrogen (secondary N) is 2. The molecule has 0 unspecified atom stereocenters. The maximum atomic E-state index is 5.53. The Morgan fingerprint density at radius 3 is 2.89 bits per heavy atom. The third-order valence-corrected chi connectivity index (χ3v) is 3.16. The van der Waals surface area contributed by atoms with E-state index in [0.717, 1.165) is 31.7 Å². The van der Waals surface area contributed by atoms with Crippen molar-refractivity contribution in [2.75, 3.05) is 25.2 Å². The summed E-state index contributed by atoms with van der Waals surface area (Å²) in [6.45, 7) is 1.64. The maximum absolute atomic E-state index is 5.53. The summed E-state index contributed by atoms with van der Waals surface area (Å²) < 4.78 is 5.53. The van der Waals surface area contributed by atoms with Crippen LogP contribution in [0.5, 0.6) is 0 Å². The molecule has 4 nitrogen and oxygen atoms in total. The molecular weight excluding hydrogens is 246 g/mol. The largest absolute Gasteiger partial charge is 0.376 e. The van der Waals surface area contributed by atoms with Crippen molar-refractivity contribution in [2.45, 2.75) is 18.9 Å². The zero-order valence-electron chi connectivity index (χ0n) is 10.6. The summed E-state index contributed by atoms with van der Waals surface area (Å²) in [5, 5.41) is 5.69. The van der Waals surface area contributed by atoms with Gasteiger partial charge >= 0.3 is 0 Å². The van der Waals surface area contributed by atoms with E-state index in [9.17, 15) is 0 Å². The zero-order valence-corrected chi connectivity index (χ0v) is 11.4. The fourth-order valence-electron chi connectivity index (χ4n) is 1.92. The van der Waals surface area contributed by atoms with Gasteiger partial charge in [0.25, 0.3) is 0 Å². The molecule has 0 saturated carbocycles. The number of anilines is 1. The van der Waals surface area contributed by atoms with E-state index in [1.807, 2.05) is 42.4 Å². The number of hydrazine groups is 1. The molecule has 1 aromatic carbocycles. The van der Waals surface area contributed by atoms with Crippen molar-refractivity contribution >= 4 is 23.0 Å². The Kier molecular flexibility index (Phi) is 4.78. The van der Waals surface area contributed by atoms with Gasteiger partial charge in [0.1, 0.15) is 0 Å². The monoisotopic (exact) mass is 265 g/mol. The van der Waals surface area contributed by atoms with E-state index >= 15 is 0 Å². The number of thiocarbonyl (C=S) groups is 1. The normalized spacial score (nSPS) is 18.4. The Balaban J connectivity index is 1.73. The molecule has 1 aromatic rings. The van der Waals surface area contributed by atoms with Gasteiger partial charge in [0.2, 0.25) is 0 Å². The van der Waals surface area contributed by atoms with Gasteiger partial charge in [-0.25, -0.2) is 0 Å².